The topological polar surface area (TPSA) is 102 Å². The molecule has 0 radical (unpaired) electrons. The number of carbonyl (C=O) groups excluding carboxylic acids is 1. The van der Waals surface area contributed by atoms with Crippen LogP contribution in [0.15, 0.2) is 47.5 Å². The molecule has 0 bridgehead atoms. The van der Waals surface area contributed by atoms with Crippen LogP contribution in [0.5, 0.6) is 5.75 Å². The molecule has 0 spiro atoms. The van der Waals surface area contributed by atoms with Gasteiger partial charge in [0, 0.05) is 43.0 Å². The van der Waals surface area contributed by atoms with E-state index < -0.39 is 0 Å². The summed E-state index contributed by atoms with van der Waals surface area (Å²) >= 11 is 0. The van der Waals surface area contributed by atoms with E-state index in [1.807, 2.05) is 43.3 Å². The molecule has 0 saturated carbocycles. The first kappa shape index (κ1) is 23.4. The highest BCUT2D eigenvalue weighted by molar-refractivity contribution is 5.79. The number of carbonyl (C=O) groups is 1. The van der Waals surface area contributed by atoms with Crippen molar-refractivity contribution in [2.24, 2.45) is 5.92 Å². The number of methoxy groups -OCH3 is 1. The minimum atomic E-state index is -0.140. The number of para-hydroxylation sites is 1. The molecule has 1 saturated heterocycles. The normalized spacial score (nSPS) is 15.7. The van der Waals surface area contributed by atoms with Crippen LogP contribution in [0.3, 0.4) is 0 Å². The van der Waals surface area contributed by atoms with Gasteiger partial charge in [0.2, 0.25) is 5.91 Å². The van der Waals surface area contributed by atoms with Crippen LogP contribution in [0, 0.1) is 19.8 Å². The predicted molar refractivity (Wildman–Crippen MR) is 130 cm³/mol. The predicted octanol–water partition coefficient (Wildman–Crippen LogP) is 2.36. The molecule has 1 atom stereocenters. The van der Waals surface area contributed by atoms with E-state index in [2.05, 4.69) is 25.4 Å². The van der Waals surface area contributed by atoms with Crippen LogP contribution < -0.4 is 20.5 Å². The van der Waals surface area contributed by atoms with Gasteiger partial charge in [0.25, 0.3) is 5.56 Å². The number of nitrogens with zero attached hydrogens (tertiary/aromatic N) is 5. The monoisotopic (exact) mass is 462 g/mol. The minimum absolute atomic E-state index is 0.00635. The largest absolute Gasteiger partial charge is 0.496 e. The fraction of sp³-hybridized carbons (Fsp3) is 0.400. The Balaban J connectivity index is 1.35. The molecule has 1 amide bonds. The fourth-order valence-electron chi connectivity index (χ4n) is 4.17. The third-order valence-electron chi connectivity index (χ3n) is 6.32. The number of aryl methyl sites for hydroxylation is 1. The summed E-state index contributed by atoms with van der Waals surface area (Å²) in [5.41, 5.74) is 2.92. The number of ether oxygens (including phenoxy) is 1. The number of piperidine rings is 1. The first-order valence-corrected chi connectivity index (χ1v) is 11.5. The number of anilines is 1. The number of benzene rings is 1. The highest BCUT2D eigenvalue weighted by Gasteiger charge is 2.26. The van der Waals surface area contributed by atoms with Crippen LogP contribution in [0.4, 0.5) is 5.82 Å². The van der Waals surface area contributed by atoms with Gasteiger partial charge in [-0.15, -0.1) is 10.2 Å². The van der Waals surface area contributed by atoms with Crippen LogP contribution in [0.2, 0.25) is 0 Å². The van der Waals surface area contributed by atoms with E-state index >= 15 is 0 Å². The van der Waals surface area contributed by atoms with Gasteiger partial charge in [0.15, 0.2) is 5.82 Å². The smallest absolute Gasteiger partial charge is 0.256 e. The molecule has 1 N–H and O–H groups in total. The molecule has 178 valence electrons. The van der Waals surface area contributed by atoms with Crippen LogP contribution in [-0.4, -0.2) is 52.4 Å². The Kier molecular flexibility index (Phi) is 7.20. The molecule has 2 aromatic heterocycles. The van der Waals surface area contributed by atoms with Crippen molar-refractivity contribution in [3.63, 3.8) is 0 Å². The molecule has 0 aliphatic carbocycles. The molecule has 1 fully saturated rings. The van der Waals surface area contributed by atoms with Crippen molar-refractivity contribution in [1.82, 2.24) is 25.1 Å². The van der Waals surface area contributed by atoms with Crippen LogP contribution >= 0.6 is 0 Å². The summed E-state index contributed by atoms with van der Waals surface area (Å²) in [5.74, 6) is 1.36. The number of hydrogen-bond acceptors (Lipinski definition) is 7. The van der Waals surface area contributed by atoms with E-state index in [9.17, 15) is 9.59 Å². The Morgan fingerprint density at radius 1 is 1.18 bits per heavy atom. The van der Waals surface area contributed by atoms with Gasteiger partial charge in [0.05, 0.1) is 25.0 Å². The van der Waals surface area contributed by atoms with Gasteiger partial charge in [0.1, 0.15) is 5.75 Å². The lowest BCUT2D eigenvalue weighted by Gasteiger charge is -2.32. The highest BCUT2D eigenvalue weighted by Crippen LogP contribution is 2.29. The molecular formula is C25H30N6O3. The number of nitrogens with one attached hydrogen (secondary N) is 1. The average Bonchev–Trinajstić information content (AvgIpc) is 2.88. The van der Waals surface area contributed by atoms with Crippen LogP contribution in [0.25, 0.3) is 11.3 Å². The summed E-state index contributed by atoms with van der Waals surface area (Å²) < 4.78 is 6.96. The quantitative estimate of drug-likeness (QED) is 0.575. The molecule has 3 heterocycles. The molecule has 1 unspecified atom stereocenters. The van der Waals surface area contributed by atoms with Gasteiger partial charge in [-0.3, -0.25) is 14.2 Å². The minimum Gasteiger partial charge on any atom is -0.496 e. The number of hydrogen-bond donors (Lipinski definition) is 1. The number of aromatic nitrogens is 4. The summed E-state index contributed by atoms with van der Waals surface area (Å²) in [6.45, 7) is 5.77. The van der Waals surface area contributed by atoms with E-state index in [0.29, 0.717) is 25.2 Å². The first-order chi connectivity index (χ1) is 16.5. The Morgan fingerprint density at radius 2 is 2.00 bits per heavy atom. The second kappa shape index (κ2) is 10.5. The third-order valence-corrected chi connectivity index (χ3v) is 6.32. The molecule has 9 heteroatoms. The number of amides is 1. The molecule has 1 aliphatic heterocycles. The SMILES string of the molecule is COc1ccccc1-c1ccc(N2CCCC(C(=O)NCCn3cnc(C)c(C)c3=O)C2)nn1. The zero-order valence-electron chi connectivity index (χ0n) is 19.8. The van der Waals surface area contributed by atoms with Crippen molar-refractivity contribution >= 4 is 11.7 Å². The van der Waals surface area contributed by atoms with Crippen molar-refractivity contribution in [3.05, 3.63) is 64.3 Å². The van der Waals surface area contributed by atoms with Gasteiger partial charge in [-0.1, -0.05) is 12.1 Å². The fourth-order valence-corrected chi connectivity index (χ4v) is 4.17. The Morgan fingerprint density at radius 3 is 2.76 bits per heavy atom. The van der Waals surface area contributed by atoms with Gasteiger partial charge in [-0.2, -0.15) is 0 Å². The first-order valence-electron chi connectivity index (χ1n) is 11.5. The van der Waals surface area contributed by atoms with Crippen molar-refractivity contribution in [2.75, 3.05) is 31.6 Å². The standard InChI is InChI=1S/C25H30N6O3/c1-17-18(2)27-16-31(25(17)33)14-12-26-24(32)19-7-6-13-30(15-19)23-11-10-21(28-29-23)20-8-4-5-9-22(20)34-3/h4-5,8-11,16,19H,6-7,12-15H2,1-3H3,(H,26,32). The van der Waals surface area contributed by atoms with E-state index in [0.717, 1.165) is 47.9 Å². The second-order valence-corrected chi connectivity index (χ2v) is 8.51. The molecule has 4 rings (SSSR count). The van der Waals surface area contributed by atoms with E-state index in [4.69, 9.17) is 4.74 Å². The van der Waals surface area contributed by atoms with Gasteiger partial charge >= 0.3 is 0 Å². The highest BCUT2D eigenvalue weighted by atomic mass is 16.5. The average molecular weight is 463 g/mol. The number of rotatable bonds is 7. The Bertz CT molecular complexity index is 1210. The summed E-state index contributed by atoms with van der Waals surface area (Å²) in [6.07, 6.45) is 3.25. The van der Waals surface area contributed by atoms with Crippen molar-refractivity contribution in [2.45, 2.75) is 33.2 Å². The maximum atomic E-state index is 12.8. The van der Waals surface area contributed by atoms with Gasteiger partial charge < -0.3 is 15.0 Å². The van der Waals surface area contributed by atoms with Gasteiger partial charge in [-0.05, 0) is 51.0 Å². The molecule has 3 aromatic rings. The Hall–Kier alpha value is -3.75. The third kappa shape index (κ3) is 5.08. The van der Waals surface area contributed by atoms with Crippen molar-refractivity contribution in [1.29, 1.82) is 0 Å². The maximum absolute atomic E-state index is 12.8. The lowest BCUT2D eigenvalue weighted by atomic mass is 9.97. The van der Waals surface area contributed by atoms with Gasteiger partial charge in [-0.25, -0.2) is 4.98 Å². The zero-order valence-corrected chi connectivity index (χ0v) is 19.8. The van der Waals surface area contributed by atoms with E-state index in [1.54, 1.807) is 14.0 Å². The van der Waals surface area contributed by atoms with Crippen molar-refractivity contribution in [3.8, 4) is 17.0 Å². The lowest BCUT2D eigenvalue weighted by molar-refractivity contribution is -0.125. The summed E-state index contributed by atoms with van der Waals surface area (Å²) in [5, 5.41) is 11.8. The molecule has 34 heavy (non-hydrogen) atoms. The molecule has 1 aliphatic rings. The molecule has 1 aromatic carbocycles. The second-order valence-electron chi connectivity index (χ2n) is 8.51. The van der Waals surface area contributed by atoms with E-state index in [-0.39, 0.29) is 17.4 Å². The molecular weight excluding hydrogens is 432 g/mol. The molecule has 9 nitrogen and oxygen atoms in total. The zero-order chi connectivity index (χ0) is 24.1. The van der Waals surface area contributed by atoms with Crippen molar-refractivity contribution < 1.29 is 9.53 Å². The summed E-state index contributed by atoms with van der Waals surface area (Å²) in [7, 11) is 1.64. The van der Waals surface area contributed by atoms with E-state index in [1.165, 1.54) is 10.9 Å². The lowest BCUT2D eigenvalue weighted by Crippen LogP contribution is -2.44. The summed E-state index contributed by atoms with van der Waals surface area (Å²) in [6, 6.07) is 11.6. The van der Waals surface area contributed by atoms with Crippen LogP contribution in [-0.2, 0) is 11.3 Å². The van der Waals surface area contributed by atoms with Crippen LogP contribution in [0.1, 0.15) is 24.1 Å². The summed E-state index contributed by atoms with van der Waals surface area (Å²) in [4.78, 5) is 31.4. The maximum Gasteiger partial charge on any atom is 0.256 e. The Labute approximate surface area is 198 Å².